The number of benzene rings is 1. The molecule has 0 heterocycles. The quantitative estimate of drug-likeness (QED) is 0.755. The van der Waals surface area contributed by atoms with E-state index in [9.17, 15) is 0 Å². The van der Waals surface area contributed by atoms with Crippen LogP contribution < -0.4 is 11.1 Å². The average Bonchev–Trinajstić information content (AvgIpc) is 2.22. The summed E-state index contributed by atoms with van der Waals surface area (Å²) in [6, 6.07) is 6.00. The van der Waals surface area contributed by atoms with E-state index in [1.54, 1.807) is 0 Å². The second-order valence-corrected chi connectivity index (χ2v) is 5.08. The van der Waals surface area contributed by atoms with Gasteiger partial charge in [0.15, 0.2) is 0 Å². The summed E-state index contributed by atoms with van der Waals surface area (Å²) < 4.78 is 0. The molecule has 1 aromatic carbocycles. The summed E-state index contributed by atoms with van der Waals surface area (Å²) >= 11 is 1.90. The molecule has 0 radical (unpaired) electrons. The second kappa shape index (κ2) is 5.91. The number of nitrogens with two attached hydrogens (primary N) is 1. The lowest BCUT2D eigenvalue weighted by atomic mass is 10.1. The number of para-hydroxylation sites is 1. The van der Waals surface area contributed by atoms with Gasteiger partial charge in [-0.2, -0.15) is 11.8 Å². The van der Waals surface area contributed by atoms with Crippen molar-refractivity contribution in [1.82, 2.24) is 0 Å². The summed E-state index contributed by atoms with van der Waals surface area (Å²) in [5.41, 5.74) is 9.05. The molecule has 3 N–H and O–H groups in total. The Morgan fingerprint density at radius 2 is 2.20 bits per heavy atom. The van der Waals surface area contributed by atoms with Crippen LogP contribution in [-0.2, 0) is 0 Å². The lowest BCUT2D eigenvalue weighted by Crippen LogP contribution is -2.10. The molecule has 0 amide bonds. The summed E-state index contributed by atoms with van der Waals surface area (Å²) in [5.74, 6) is 0. The van der Waals surface area contributed by atoms with Gasteiger partial charge in [-0.25, -0.2) is 0 Å². The molecule has 0 saturated heterocycles. The first-order valence-electron chi connectivity index (χ1n) is 5.27. The Bertz CT molecular complexity index is 292. The minimum absolute atomic E-state index is 0.697. The van der Waals surface area contributed by atoms with Crippen molar-refractivity contribution in [3.63, 3.8) is 0 Å². The third-order valence-corrected chi connectivity index (χ3v) is 3.60. The molecule has 1 aromatic rings. The Hall–Kier alpha value is -0.830. The number of anilines is 2. The fourth-order valence-corrected chi connectivity index (χ4v) is 1.80. The molecule has 0 bridgehead atoms. The molecule has 0 aromatic heterocycles. The average molecular weight is 224 g/mol. The van der Waals surface area contributed by atoms with Gasteiger partial charge in [0.2, 0.25) is 0 Å². The minimum atomic E-state index is 0.697. The van der Waals surface area contributed by atoms with Gasteiger partial charge in [0.05, 0.1) is 11.4 Å². The topological polar surface area (TPSA) is 38.0 Å². The number of hydrogen-bond acceptors (Lipinski definition) is 3. The van der Waals surface area contributed by atoms with Gasteiger partial charge in [-0.15, -0.1) is 0 Å². The first kappa shape index (κ1) is 12.2. The van der Waals surface area contributed by atoms with Crippen LogP contribution in [0, 0.1) is 6.92 Å². The van der Waals surface area contributed by atoms with Gasteiger partial charge in [0.25, 0.3) is 0 Å². The monoisotopic (exact) mass is 224 g/mol. The van der Waals surface area contributed by atoms with Gasteiger partial charge in [-0.1, -0.05) is 19.1 Å². The molecule has 0 aliphatic heterocycles. The van der Waals surface area contributed by atoms with Crippen molar-refractivity contribution in [1.29, 1.82) is 0 Å². The Labute approximate surface area is 96.6 Å². The fraction of sp³-hybridized carbons (Fsp3) is 0.500. The molecule has 0 spiro atoms. The molecular weight excluding hydrogens is 204 g/mol. The van der Waals surface area contributed by atoms with Gasteiger partial charge in [0, 0.05) is 11.8 Å². The Kier molecular flexibility index (Phi) is 4.82. The number of nitrogens with one attached hydrogen (secondary N) is 1. The highest BCUT2D eigenvalue weighted by Crippen LogP contribution is 2.22. The van der Waals surface area contributed by atoms with E-state index in [-0.39, 0.29) is 0 Å². The van der Waals surface area contributed by atoms with Crippen LogP contribution in [0.5, 0.6) is 0 Å². The molecule has 1 unspecified atom stereocenters. The van der Waals surface area contributed by atoms with Crippen LogP contribution in [0.4, 0.5) is 11.4 Å². The summed E-state index contributed by atoms with van der Waals surface area (Å²) in [4.78, 5) is 0. The maximum absolute atomic E-state index is 5.90. The largest absolute Gasteiger partial charge is 0.397 e. The molecule has 0 fully saturated rings. The highest BCUT2D eigenvalue weighted by Gasteiger charge is 2.03. The molecule has 0 saturated carbocycles. The van der Waals surface area contributed by atoms with Gasteiger partial charge in [0.1, 0.15) is 0 Å². The molecule has 0 aliphatic rings. The van der Waals surface area contributed by atoms with E-state index in [0.717, 1.165) is 24.3 Å². The van der Waals surface area contributed by atoms with Crippen molar-refractivity contribution in [2.45, 2.75) is 25.5 Å². The smallest absolute Gasteiger partial charge is 0.0603 e. The Morgan fingerprint density at radius 3 is 2.80 bits per heavy atom. The Balaban J connectivity index is 2.50. The SMILES string of the molecule is CSC(C)CCNc1c(C)cccc1N. The van der Waals surface area contributed by atoms with Gasteiger partial charge >= 0.3 is 0 Å². The molecule has 1 atom stereocenters. The zero-order valence-electron chi connectivity index (χ0n) is 9.71. The highest BCUT2D eigenvalue weighted by molar-refractivity contribution is 7.99. The van der Waals surface area contributed by atoms with Crippen LogP contribution in [-0.4, -0.2) is 18.1 Å². The predicted molar refractivity (Wildman–Crippen MR) is 71.7 cm³/mol. The van der Waals surface area contributed by atoms with Crippen molar-refractivity contribution < 1.29 is 0 Å². The molecule has 3 heteroatoms. The molecule has 84 valence electrons. The van der Waals surface area contributed by atoms with E-state index in [1.807, 2.05) is 23.9 Å². The van der Waals surface area contributed by atoms with Crippen molar-refractivity contribution in [2.75, 3.05) is 23.9 Å². The minimum Gasteiger partial charge on any atom is -0.397 e. The van der Waals surface area contributed by atoms with Crippen LogP contribution in [0.1, 0.15) is 18.9 Å². The summed E-state index contributed by atoms with van der Waals surface area (Å²) in [6.45, 7) is 5.31. The van der Waals surface area contributed by atoms with Crippen LogP contribution in [0.3, 0.4) is 0 Å². The lowest BCUT2D eigenvalue weighted by Gasteiger charge is -2.13. The van der Waals surface area contributed by atoms with Crippen molar-refractivity contribution in [2.24, 2.45) is 0 Å². The van der Waals surface area contributed by atoms with Gasteiger partial charge in [-0.3, -0.25) is 0 Å². The first-order valence-corrected chi connectivity index (χ1v) is 6.55. The summed E-state index contributed by atoms with van der Waals surface area (Å²) in [5, 5.41) is 4.11. The number of rotatable bonds is 5. The van der Waals surface area contributed by atoms with E-state index in [1.165, 1.54) is 5.56 Å². The maximum Gasteiger partial charge on any atom is 0.0603 e. The number of thioether (sulfide) groups is 1. The molecule has 0 aliphatic carbocycles. The van der Waals surface area contributed by atoms with Crippen molar-refractivity contribution >= 4 is 23.1 Å². The highest BCUT2D eigenvalue weighted by atomic mass is 32.2. The summed E-state index contributed by atoms with van der Waals surface area (Å²) in [7, 11) is 0. The third kappa shape index (κ3) is 3.67. The normalized spacial score (nSPS) is 12.5. The zero-order chi connectivity index (χ0) is 11.3. The molecular formula is C12H20N2S. The van der Waals surface area contributed by atoms with Gasteiger partial charge in [-0.05, 0) is 31.2 Å². The number of nitrogen functional groups attached to an aromatic ring is 1. The zero-order valence-corrected chi connectivity index (χ0v) is 10.5. The fourth-order valence-electron chi connectivity index (χ4n) is 1.45. The van der Waals surface area contributed by atoms with Crippen molar-refractivity contribution in [3.8, 4) is 0 Å². The van der Waals surface area contributed by atoms with Crippen LogP contribution >= 0.6 is 11.8 Å². The van der Waals surface area contributed by atoms with Crippen molar-refractivity contribution in [3.05, 3.63) is 23.8 Å². The predicted octanol–water partition coefficient (Wildman–Crippen LogP) is 3.13. The van der Waals surface area contributed by atoms with E-state index >= 15 is 0 Å². The molecule has 15 heavy (non-hydrogen) atoms. The maximum atomic E-state index is 5.90. The summed E-state index contributed by atoms with van der Waals surface area (Å²) in [6.07, 6.45) is 3.31. The molecule has 1 rings (SSSR count). The van der Waals surface area contributed by atoms with E-state index in [0.29, 0.717) is 5.25 Å². The second-order valence-electron chi connectivity index (χ2n) is 3.80. The van der Waals surface area contributed by atoms with E-state index in [2.05, 4.69) is 31.5 Å². The first-order chi connectivity index (χ1) is 7.15. The Morgan fingerprint density at radius 1 is 1.47 bits per heavy atom. The van der Waals surface area contributed by atoms with Crippen LogP contribution in [0.2, 0.25) is 0 Å². The van der Waals surface area contributed by atoms with E-state index in [4.69, 9.17) is 5.73 Å². The van der Waals surface area contributed by atoms with Gasteiger partial charge < -0.3 is 11.1 Å². The van der Waals surface area contributed by atoms with Crippen LogP contribution in [0.15, 0.2) is 18.2 Å². The number of aryl methyl sites for hydroxylation is 1. The van der Waals surface area contributed by atoms with Crippen LogP contribution in [0.25, 0.3) is 0 Å². The molecule has 2 nitrogen and oxygen atoms in total. The van der Waals surface area contributed by atoms with E-state index < -0.39 is 0 Å². The standard InChI is InChI=1S/C12H20N2S/c1-9-5-4-6-11(13)12(9)14-8-7-10(2)15-3/h4-6,10,14H,7-8,13H2,1-3H3. The third-order valence-electron chi connectivity index (χ3n) is 2.56. The lowest BCUT2D eigenvalue weighted by molar-refractivity contribution is 0.853. The number of hydrogen-bond donors (Lipinski definition) is 2.